The van der Waals surface area contributed by atoms with Gasteiger partial charge in [0.15, 0.2) is 0 Å². The van der Waals surface area contributed by atoms with E-state index >= 15 is 0 Å². The molecule has 144 valence electrons. The highest BCUT2D eigenvalue weighted by Crippen LogP contribution is 2.41. The van der Waals surface area contributed by atoms with Crippen molar-refractivity contribution in [1.29, 1.82) is 0 Å². The van der Waals surface area contributed by atoms with Gasteiger partial charge in [-0.05, 0) is 41.1 Å². The number of fused-ring (bicyclic) bond motifs is 3. The SMILES string of the molecule is Cc1cc(O)c(-c2ccc(C(N)C(F)(F)F)cc2)c2c1[nH]c(=O)c1sccc12. The van der Waals surface area contributed by atoms with Gasteiger partial charge in [0.05, 0.1) is 5.52 Å². The number of H-pyrrole nitrogens is 1. The number of benzene rings is 2. The Balaban J connectivity index is 1.99. The van der Waals surface area contributed by atoms with Crippen LogP contribution in [0.15, 0.2) is 46.6 Å². The summed E-state index contributed by atoms with van der Waals surface area (Å²) in [6, 6.07) is 6.84. The van der Waals surface area contributed by atoms with Gasteiger partial charge in [-0.2, -0.15) is 13.2 Å². The summed E-state index contributed by atoms with van der Waals surface area (Å²) in [6.45, 7) is 1.77. The monoisotopic (exact) mass is 404 g/mol. The summed E-state index contributed by atoms with van der Waals surface area (Å²) in [7, 11) is 0. The summed E-state index contributed by atoms with van der Waals surface area (Å²) in [5.74, 6) is -0.0163. The molecule has 0 aliphatic heterocycles. The molecule has 2 aromatic carbocycles. The first-order valence-electron chi connectivity index (χ1n) is 8.37. The van der Waals surface area contributed by atoms with Crippen molar-refractivity contribution < 1.29 is 18.3 Å². The van der Waals surface area contributed by atoms with Gasteiger partial charge in [-0.1, -0.05) is 24.3 Å². The fourth-order valence-corrected chi connectivity index (χ4v) is 4.22. The van der Waals surface area contributed by atoms with Crippen molar-refractivity contribution in [2.75, 3.05) is 0 Å². The van der Waals surface area contributed by atoms with Crippen molar-refractivity contribution >= 4 is 32.3 Å². The summed E-state index contributed by atoms with van der Waals surface area (Å²) in [6.07, 6.45) is -4.54. The number of thiophene rings is 1. The number of phenolic OH excluding ortho intramolecular Hbond substituents is 1. The van der Waals surface area contributed by atoms with Gasteiger partial charge in [-0.3, -0.25) is 4.79 Å². The molecule has 4 rings (SSSR count). The summed E-state index contributed by atoms with van der Waals surface area (Å²) < 4.78 is 39.1. The van der Waals surface area contributed by atoms with Crippen LogP contribution in [0.2, 0.25) is 0 Å². The molecule has 0 bridgehead atoms. The molecule has 8 heteroatoms. The maximum absolute atomic E-state index is 12.9. The molecule has 0 saturated heterocycles. The predicted octanol–water partition coefficient (Wildman–Crippen LogP) is 4.99. The van der Waals surface area contributed by atoms with Crippen LogP contribution in [0.4, 0.5) is 13.2 Å². The molecule has 2 heterocycles. The van der Waals surface area contributed by atoms with Crippen LogP contribution in [0.3, 0.4) is 0 Å². The molecule has 0 saturated carbocycles. The molecule has 0 aliphatic carbocycles. The van der Waals surface area contributed by atoms with Crippen LogP contribution < -0.4 is 11.3 Å². The predicted molar refractivity (Wildman–Crippen MR) is 105 cm³/mol. The van der Waals surface area contributed by atoms with Crippen LogP contribution in [-0.2, 0) is 0 Å². The van der Waals surface area contributed by atoms with Gasteiger partial charge in [0.1, 0.15) is 16.5 Å². The van der Waals surface area contributed by atoms with Gasteiger partial charge in [-0.25, -0.2) is 0 Å². The molecular formula is C20H15F3N2O2S. The first-order chi connectivity index (χ1) is 13.2. The van der Waals surface area contributed by atoms with Gasteiger partial charge in [0.2, 0.25) is 0 Å². The molecule has 4 aromatic rings. The van der Waals surface area contributed by atoms with E-state index in [9.17, 15) is 23.1 Å². The lowest BCUT2D eigenvalue weighted by Crippen LogP contribution is -2.28. The Labute approximate surface area is 161 Å². The van der Waals surface area contributed by atoms with Crippen molar-refractivity contribution in [1.82, 2.24) is 4.98 Å². The second-order valence-electron chi connectivity index (χ2n) is 6.60. The number of halogens is 3. The number of pyridine rings is 1. The van der Waals surface area contributed by atoms with E-state index in [0.717, 1.165) is 0 Å². The van der Waals surface area contributed by atoms with Crippen molar-refractivity contribution in [3.05, 3.63) is 63.3 Å². The van der Waals surface area contributed by atoms with E-state index in [1.165, 1.54) is 41.7 Å². The normalized spacial score (nSPS) is 13.3. The van der Waals surface area contributed by atoms with Gasteiger partial charge >= 0.3 is 6.18 Å². The average molecular weight is 404 g/mol. The Morgan fingerprint density at radius 2 is 1.86 bits per heavy atom. The molecule has 0 aliphatic rings. The number of alkyl halides is 3. The summed E-state index contributed by atoms with van der Waals surface area (Å²) >= 11 is 1.29. The highest BCUT2D eigenvalue weighted by atomic mass is 32.1. The molecular weight excluding hydrogens is 389 g/mol. The number of aromatic hydroxyl groups is 1. The van der Waals surface area contributed by atoms with Crippen molar-refractivity contribution in [3.63, 3.8) is 0 Å². The first kappa shape index (κ1) is 18.5. The van der Waals surface area contributed by atoms with Gasteiger partial charge in [-0.15, -0.1) is 11.3 Å². The summed E-state index contributed by atoms with van der Waals surface area (Å²) in [4.78, 5) is 15.2. The minimum Gasteiger partial charge on any atom is -0.507 e. The lowest BCUT2D eigenvalue weighted by Gasteiger charge is -2.17. The third kappa shape index (κ3) is 2.85. The quantitative estimate of drug-likeness (QED) is 0.441. The number of nitrogens with one attached hydrogen (secondary N) is 1. The van der Waals surface area contributed by atoms with Crippen molar-refractivity contribution in [3.8, 4) is 16.9 Å². The Morgan fingerprint density at radius 3 is 2.50 bits per heavy atom. The third-order valence-electron chi connectivity index (χ3n) is 4.79. The molecule has 0 spiro atoms. The molecule has 2 aromatic heterocycles. The molecule has 1 unspecified atom stereocenters. The number of nitrogens with two attached hydrogens (primary N) is 1. The van der Waals surface area contributed by atoms with E-state index < -0.39 is 12.2 Å². The highest BCUT2D eigenvalue weighted by molar-refractivity contribution is 7.17. The molecule has 4 nitrogen and oxygen atoms in total. The fraction of sp³-hybridized carbons (Fsp3) is 0.150. The zero-order chi connectivity index (χ0) is 20.2. The highest BCUT2D eigenvalue weighted by Gasteiger charge is 2.37. The maximum atomic E-state index is 12.9. The van der Waals surface area contributed by atoms with E-state index in [0.29, 0.717) is 37.7 Å². The van der Waals surface area contributed by atoms with Crippen LogP contribution in [-0.4, -0.2) is 16.3 Å². The van der Waals surface area contributed by atoms with E-state index in [1.807, 2.05) is 0 Å². The molecule has 1 atom stereocenters. The second-order valence-corrected chi connectivity index (χ2v) is 7.51. The Bertz CT molecular complexity index is 1260. The third-order valence-corrected chi connectivity index (χ3v) is 5.71. The standard InChI is InChI=1S/C20H15F3N2O2S/c1-9-8-13(26)14(10-2-4-11(5-3-10)18(24)20(21,22)23)15-12-6-7-28-17(12)19(27)25-16(9)15/h2-8,18,26H,24H2,1H3,(H,25,27). The van der Waals surface area contributed by atoms with Gasteiger partial charge in [0, 0.05) is 16.3 Å². The molecule has 0 amide bonds. The largest absolute Gasteiger partial charge is 0.507 e. The summed E-state index contributed by atoms with van der Waals surface area (Å²) in [5, 5.41) is 13.8. The Hall–Kier alpha value is -2.84. The van der Waals surface area contributed by atoms with E-state index in [2.05, 4.69) is 4.98 Å². The minimum atomic E-state index is -4.54. The molecule has 0 fully saturated rings. The van der Waals surface area contributed by atoms with Gasteiger partial charge < -0.3 is 15.8 Å². The number of aromatic amines is 1. The number of rotatable bonds is 2. The fourth-order valence-electron chi connectivity index (χ4n) is 3.42. The van der Waals surface area contributed by atoms with E-state index in [1.54, 1.807) is 18.4 Å². The number of hydrogen-bond donors (Lipinski definition) is 3. The average Bonchev–Trinajstić information content (AvgIpc) is 3.12. The summed E-state index contributed by atoms with van der Waals surface area (Å²) in [5.41, 5.74) is 7.23. The second kappa shape index (κ2) is 6.35. The van der Waals surface area contributed by atoms with Crippen LogP contribution in [0.5, 0.6) is 5.75 Å². The van der Waals surface area contributed by atoms with E-state index in [4.69, 9.17) is 5.73 Å². The number of aryl methyl sites for hydroxylation is 1. The number of aromatic nitrogens is 1. The zero-order valence-corrected chi connectivity index (χ0v) is 15.4. The smallest absolute Gasteiger partial charge is 0.407 e. The molecule has 4 N–H and O–H groups in total. The Morgan fingerprint density at radius 1 is 1.18 bits per heavy atom. The maximum Gasteiger partial charge on any atom is 0.407 e. The van der Waals surface area contributed by atoms with Crippen LogP contribution in [0.25, 0.3) is 32.1 Å². The van der Waals surface area contributed by atoms with Crippen LogP contribution >= 0.6 is 11.3 Å². The van der Waals surface area contributed by atoms with Crippen molar-refractivity contribution in [2.45, 2.75) is 19.1 Å². The topological polar surface area (TPSA) is 79.1 Å². The lowest BCUT2D eigenvalue weighted by molar-refractivity contribution is -0.149. The molecule has 28 heavy (non-hydrogen) atoms. The van der Waals surface area contributed by atoms with Crippen molar-refractivity contribution in [2.24, 2.45) is 5.73 Å². The number of hydrogen-bond acceptors (Lipinski definition) is 4. The van der Waals surface area contributed by atoms with Crippen LogP contribution in [0.1, 0.15) is 17.2 Å². The Kier molecular flexibility index (Phi) is 4.20. The zero-order valence-electron chi connectivity index (χ0n) is 14.6. The minimum absolute atomic E-state index is 0.0163. The van der Waals surface area contributed by atoms with Gasteiger partial charge in [0.25, 0.3) is 5.56 Å². The lowest BCUT2D eigenvalue weighted by atomic mass is 9.94. The number of phenols is 1. The van der Waals surface area contributed by atoms with E-state index in [-0.39, 0.29) is 16.9 Å². The molecule has 0 radical (unpaired) electrons. The first-order valence-corrected chi connectivity index (χ1v) is 9.25. The van der Waals surface area contributed by atoms with Crippen LogP contribution in [0, 0.1) is 6.92 Å².